The lowest BCUT2D eigenvalue weighted by molar-refractivity contribution is -0.123. The lowest BCUT2D eigenvalue weighted by Crippen LogP contribution is -2.24. The van der Waals surface area contributed by atoms with Gasteiger partial charge < -0.3 is 9.47 Å². The lowest BCUT2D eigenvalue weighted by Gasteiger charge is -2.13. The summed E-state index contributed by atoms with van der Waals surface area (Å²) in [4.78, 5) is 12.0. The Bertz CT molecular complexity index is 1020. The smallest absolute Gasteiger partial charge is 0.277 e. The van der Waals surface area contributed by atoms with Crippen molar-refractivity contribution < 1.29 is 14.3 Å². The third kappa shape index (κ3) is 7.26. The van der Waals surface area contributed by atoms with Gasteiger partial charge in [0, 0.05) is 4.47 Å². The van der Waals surface area contributed by atoms with Crippen molar-refractivity contribution in [3.63, 3.8) is 0 Å². The van der Waals surface area contributed by atoms with Gasteiger partial charge in [0.25, 0.3) is 5.91 Å². The molecule has 3 aromatic rings. The van der Waals surface area contributed by atoms with Crippen LogP contribution >= 0.6 is 15.9 Å². The molecule has 0 saturated carbocycles. The van der Waals surface area contributed by atoms with E-state index in [4.69, 9.17) is 9.47 Å². The number of carbonyl (C=O) groups is 1. The number of rotatable bonds is 9. The van der Waals surface area contributed by atoms with Crippen LogP contribution in [-0.4, -0.2) is 18.7 Å². The molecular weight excluding hydrogens is 456 g/mol. The van der Waals surface area contributed by atoms with Crippen LogP contribution in [0.5, 0.6) is 11.5 Å². The van der Waals surface area contributed by atoms with Crippen molar-refractivity contribution in [3.8, 4) is 11.5 Å². The van der Waals surface area contributed by atoms with Crippen molar-refractivity contribution in [2.45, 2.75) is 26.4 Å². The van der Waals surface area contributed by atoms with Crippen molar-refractivity contribution in [2.24, 2.45) is 5.10 Å². The Kier molecular flexibility index (Phi) is 8.24. The number of hydrazone groups is 1. The summed E-state index contributed by atoms with van der Waals surface area (Å²) in [6.45, 7) is 4.57. The fourth-order valence-corrected chi connectivity index (χ4v) is 3.23. The molecule has 0 heterocycles. The Labute approximate surface area is 191 Å². The topological polar surface area (TPSA) is 59.9 Å². The molecular formula is C25H25BrN2O3. The number of halogens is 1. The van der Waals surface area contributed by atoms with Gasteiger partial charge in [0.05, 0.1) is 6.21 Å². The number of carbonyl (C=O) groups excluding carboxylic acids is 1. The zero-order chi connectivity index (χ0) is 22.1. The highest BCUT2D eigenvalue weighted by molar-refractivity contribution is 9.10. The SMILES string of the molecule is CC(C)c1cc(Br)ccc1OCC(=O)N/N=C/c1ccc(OCc2ccccc2)cc1. The first-order valence-corrected chi connectivity index (χ1v) is 10.8. The maximum absolute atomic E-state index is 12.0. The predicted molar refractivity (Wildman–Crippen MR) is 127 cm³/mol. The summed E-state index contributed by atoms with van der Waals surface area (Å²) in [6.07, 6.45) is 1.58. The normalized spacial score (nSPS) is 11.0. The Morgan fingerprint density at radius 1 is 1.03 bits per heavy atom. The fourth-order valence-electron chi connectivity index (χ4n) is 2.85. The van der Waals surface area contributed by atoms with Gasteiger partial charge >= 0.3 is 0 Å². The summed E-state index contributed by atoms with van der Waals surface area (Å²) >= 11 is 3.46. The zero-order valence-corrected chi connectivity index (χ0v) is 19.1. The van der Waals surface area contributed by atoms with Crippen LogP contribution in [-0.2, 0) is 11.4 Å². The highest BCUT2D eigenvalue weighted by Crippen LogP contribution is 2.29. The maximum atomic E-state index is 12.0. The number of hydrogen-bond acceptors (Lipinski definition) is 4. The van der Waals surface area contributed by atoms with Crippen LogP contribution in [0.3, 0.4) is 0 Å². The van der Waals surface area contributed by atoms with Crippen LogP contribution in [0, 0.1) is 0 Å². The molecule has 0 radical (unpaired) electrons. The Hall–Kier alpha value is -3.12. The van der Waals surface area contributed by atoms with Gasteiger partial charge in [-0.3, -0.25) is 4.79 Å². The molecule has 160 valence electrons. The quantitative estimate of drug-likeness (QED) is 0.316. The summed E-state index contributed by atoms with van der Waals surface area (Å²) in [7, 11) is 0. The highest BCUT2D eigenvalue weighted by Gasteiger charge is 2.10. The fraction of sp³-hybridized carbons (Fsp3) is 0.200. The molecule has 6 heteroatoms. The van der Waals surface area contributed by atoms with Crippen LogP contribution in [0.15, 0.2) is 82.4 Å². The summed E-state index contributed by atoms with van der Waals surface area (Å²) in [5.74, 6) is 1.43. The van der Waals surface area contributed by atoms with Crippen LogP contribution in [0.4, 0.5) is 0 Å². The molecule has 0 aliphatic rings. The van der Waals surface area contributed by atoms with Crippen molar-refractivity contribution in [2.75, 3.05) is 6.61 Å². The van der Waals surface area contributed by atoms with Crippen molar-refractivity contribution in [1.29, 1.82) is 0 Å². The van der Waals surface area contributed by atoms with E-state index in [0.29, 0.717) is 12.4 Å². The molecule has 0 aliphatic carbocycles. The second-order valence-electron chi connectivity index (χ2n) is 7.26. The molecule has 1 amide bonds. The first-order valence-electron chi connectivity index (χ1n) is 10.0. The Balaban J connectivity index is 1.45. The van der Waals surface area contributed by atoms with Crippen LogP contribution in [0.2, 0.25) is 0 Å². The van der Waals surface area contributed by atoms with E-state index in [1.54, 1.807) is 6.21 Å². The van der Waals surface area contributed by atoms with Crippen LogP contribution < -0.4 is 14.9 Å². The predicted octanol–water partition coefficient (Wildman–Crippen LogP) is 5.68. The standard InChI is InChI=1S/C25H25BrN2O3/c1-18(2)23-14-21(26)10-13-24(23)31-17-25(29)28-27-15-19-8-11-22(12-9-19)30-16-20-6-4-3-5-7-20/h3-15,18H,16-17H2,1-2H3,(H,28,29)/b27-15+. The molecule has 0 fully saturated rings. The second-order valence-corrected chi connectivity index (χ2v) is 8.18. The van der Waals surface area contributed by atoms with E-state index in [9.17, 15) is 4.79 Å². The van der Waals surface area contributed by atoms with E-state index in [2.05, 4.69) is 40.3 Å². The molecule has 1 N–H and O–H groups in total. The monoisotopic (exact) mass is 480 g/mol. The highest BCUT2D eigenvalue weighted by atomic mass is 79.9. The lowest BCUT2D eigenvalue weighted by atomic mass is 10.0. The Morgan fingerprint density at radius 2 is 1.77 bits per heavy atom. The molecule has 0 saturated heterocycles. The van der Waals surface area contributed by atoms with E-state index in [1.165, 1.54) is 0 Å². The minimum absolute atomic E-state index is 0.106. The van der Waals surface area contributed by atoms with E-state index >= 15 is 0 Å². The van der Waals surface area contributed by atoms with Gasteiger partial charge in [0.2, 0.25) is 0 Å². The first kappa shape index (κ1) is 22.6. The van der Waals surface area contributed by atoms with E-state index in [-0.39, 0.29) is 18.4 Å². The summed E-state index contributed by atoms with van der Waals surface area (Å²) < 4.78 is 12.4. The zero-order valence-electron chi connectivity index (χ0n) is 17.5. The number of nitrogens with zero attached hydrogens (tertiary/aromatic N) is 1. The number of benzene rings is 3. The summed E-state index contributed by atoms with van der Waals surface area (Å²) in [6, 6.07) is 23.2. The largest absolute Gasteiger partial charge is 0.489 e. The number of nitrogens with one attached hydrogen (secondary N) is 1. The first-order chi connectivity index (χ1) is 15.0. The van der Waals surface area contributed by atoms with Crippen molar-refractivity contribution in [1.82, 2.24) is 5.43 Å². The average Bonchev–Trinajstić information content (AvgIpc) is 2.78. The molecule has 31 heavy (non-hydrogen) atoms. The molecule has 0 aromatic heterocycles. The summed E-state index contributed by atoms with van der Waals surface area (Å²) in [5, 5.41) is 4.00. The minimum Gasteiger partial charge on any atom is -0.489 e. The molecule has 0 bridgehead atoms. The molecule has 5 nitrogen and oxygen atoms in total. The van der Waals surface area contributed by atoms with Crippen molar-refractivity contribution >= 4 is 28.1 Å². The molecule has 0 aliphatic heterocycles. The van der Waals surface area contributed by atoms with Gasteiger partial charge in [-0.15, -0.1) is 0 Å². The number of amides is 1. The van der Waals surface area contributed by atoms with Gasteiger partial charge in [-0.25, -0.2) is 5.43 Å². The second kappa shape index (κ2) is 11.3. The van der Waals surface area contributed by atoms with Crippen LogP contribution in [0.25, 0.3) is 0 Å². The number of hydrogen-bond donors (Lipinski definition) is 1. The maximum Gasteiger partial charge on any atom is 0.277 e. The number of ether oxygens (including phenoxy) is 2. The summed E-state index contributed by atoms with van der Waals surface area (Å²) in [5.41, 5.74) is 5.49. The van der Waals surface area contributed by atoms with Gasteiger partial charge in [0.1, 0.15) is 18.1 Å². The minimum atomic E-state index is -0.323. The Morgan fingerprint density at radius 3 is 2.48 bits per heavy atom. The molecule has 0 spiro atoms. The van der Waals surface area contributed by atoms with Gasteiger partial charge in [-0.05, 0) is 65.1 Å². The van der Waals surface area contributed by atoms with E-state index < -0.39 is 0 Å². The van der Waals surface area contributed by atoms with Crippen molar-refractivity contribution in [3.05, 3.63) is 94.0 Å². The van der Waals surface area contributed by atoms with E-state index in [0.717, 1.165) is 26.9 Å². The van der Waals surface area contributed by atoms with Gasteiger partial charge in [-0.1, -0.05) is 60.1 Å². The molecule has 0 unspecified atom stereocenters. The third-order valence-corrected chi connectivity index (χ3v) is 4.98. The third-order valence-electron chi connectivity index (χ3n) is 4.48. The molecule has 0 atom stereocenters. The van der Waals surface area contributed by atoms with Gasteiger partial charge in [0.15, 0.2) is 6.61 Å². The average molecular weight is 481 g/mol. The van der Waals surface area contributed by atoms with E-state index in [1.807, 2.05) is 72.8 Å². The molecule has 3 aromatic carbocycles. The molecule has 3 rings (SSSR count). The van der Waals surface area contributed by atoms with Crippen LogP contribution in [0.1, 0.15) is 36.5 Å². The van der Waals surface area contributed by atoms with Gasteiger partial charge in [-0.2, -0.15) is 5.10 Å².